The number of carboxylic acids is 1. The summed E-state index contributed by atoms with van der Waals surface area (Å²) in [7, 11) is 0. The minimum absolute atomic E-state index is 0.0371. The summed E-state index contributed by atoms with van der Waals surface area (Å²) in [4.78, 5) is 12.3. The third kappa shape index (κ3) is 5.08. The molecule has 1 saturated carbocycles. The SMILES string of the molecule is CCC1CCCC1(C(=O)O)c1cc(Cl)c(-c2ccc(C(F)(F)F)cc2)c(OCC(F)(F)F)c1. The largest absolute Gasteiger partial charge is 0.483 e. The van der Waals surface area contributed by atoms with Gasteiger partial charge in [-0.2, -0.15) is 26.3 Å². The number of benzene rings is 2. The molecule has 2 aromatic rings. The van der Waals surface area contributed by atoms with Crippen LogP contribution in [0.4, 0.5) is 26.3 Å². The van der Waals surface area contributed by atoms with E-state index < -0.39 is 35.9 Å². The van der Waals surface area contributed by atoms with Gasteiger partial charge in [-0.1, -0.05) is 43.5 Å². The molecule has 33 heavy (non-hydrogen) atoms. The van der Waals surface area contributed by atoms with Gasteiger partial charge in [-0.05, 0) is 54.2 Å². The van der Waals surface area contributed by atoms with Gasteiger partial charge in [0, 0.05) is 5.56 Å². The summed E-state index contributed by atoms with van der Waals surface area (Å²) in [5, 5.41) is 9.98. The number of alkyl halides is 6. The summed E-state index contributed by atoms with van der Waals surface area (Å²) in [5.74, 6) is -1.69. The van der Waals surface area contributed by atoms with E-state index in [0.717, 1.165) is 24.3 Å². The summed E-state index contributed by atoms with van der Waals surface area (Å²) in [6.45, 7) is 0.171. The first kappa shape index (κ1) is 25.2. The standard InChI is InChI=1S/C23H21ClF6O3/c1-2-14-4-3-9-21(14,20(31)32)16-10-17(24)19(18(11-16)33-12-22(25,26)27)13-5-7-15(8-6-13)23(28,29)30/h5-8,10-11,14H,2-4,9,12H2,1H3,(H,31,32). The predicted molar refractivity (Wildman–Crippen MR) is 110 cm³/mol. The van der Waals surface area contributed by atoms with Gasteiger partial charge < -0.3 is 9.84 Å². The highest BCUT2D eigenvalue weighted by molar-refractivity contribution is 6.33. The Morgan fingerprint density at radius 1 is 1.15 bits per heavy atom. The van der Waals surface area contributed by atoms with Crippen molar-refractivity contribution in [3.8, 4) is 16.9 Å². The second-order valence-electron chi connectivity index (χ2n) is 8.08. The van der Waals surface area contributed by atoms with Crippen molar-refractivity contribution in [3.63, 3.8) is 0 Å². The Morgan fingerprint density at radius 3 is 2.30 bits per heavy atom. The van der Waals surface area contributed by atoms with Gasteiger partial charge in [-0.25, -0.2) is 0 Å². The van der Waals surface area contributed by atoms with Crippen LogP contribution in [-0.4, -0.2) is 23.9 Å². The fourth-order valence-corrected chi connectivity index (χ4v) is 4.95. The number of ether oxygens (including phenoxy) is 1. The van der Waals surface area contributed by atoms with E-state index in [1.165, 1.54) is 12.1 Å². The van der Waals surface area contributed by atoms with Crippen molar-refractivity contribution in [1.82, 2.24) is 0 Å². The topological polar surface area (TPSA) is 46.5 Å². The van der Waals surface area contributed by atoms with Gasteiger partial charge in [0.2, 0.25) is 0 Å². The molecule has 0 spiro atoms. The van der Waals surface area contributed by atoms with Gasteiger partial charge in [0.15, 0.2) is 6.61 Å². The minimum Gasteiger partial charge on any atom is -0.483 e. The van der Waals surface area contributed by atoms with Crippen molar-refractivity contribution in [2.45, 2.75) is 50.4 Å². The molecule has 1 aliphatic rings. The number of rotatable bonds is 6. The maximum Gasteiger partial charge on any atom is 0.422 e. The molecule has 0 heterocycles. The van der Waals surface area contributed by atoms with E-state index in [2.05, 4.69) is 0 Å². The maximum atomic E-state index is 12.9. The molecule has 2 atom stereocenters. The number of carboxylic acid groups (broad SMARTS) is 1. The van der Waals surface area contributed by atoms with Crippen molar-refractivity contribution in [2.24, 2.45) is 5.92 Å². The lowest BCUT2D eigenvalue weighted by atomic mass is 9.71. The molecule has 2 unspecified atom stereocenters. The third-order valence-electron chi connectivity index (χ3n) is 6.16. The van der Waals surface area contributed by atoms with Gasteiger partial charge in [0.05, 0.1) is 16.0 Å². The highest BCUT2D eigenvalue weighted by Crippen LogP contribution is 2.51. The van der Waals surface area contributed by atoms with Gasteiger partial charge in [0.1, 0.15) is 5.75 Å². The summed E-state index contributed by atoms with van der Waals surface area (Å²) in [6, 6.07) is 6.35. The first-order chi connectivity index (χ1) is 15.3. The van der Waals surface area contributed by atoms with Crippen molar-refractivity contribution in [1.29, 1.82) is 0 Å². The average molecular weight is 495 g/mol. The Hall–Kier alpha value is -2.42. The minimum atomic E-state index is -4.69. The Kier molecular flexibility index (Phi) is 6.94. The van der Waals surface area contributed by atoms with Crippen LogP contribution in [0.5, 0.6) is 5.75 Å². The van der Waals surface area contributed by atoms with E-state index in [-0.39, 0.29) is 39.8 Å². The number of hydrogen-bond donors (Lipinski definition) is 1. The van der Waals surface area contributed by atoms with Crippen LogP contribution < -0.4 is 4.74 Å². The zero-order valence-electron chi connectivity index (χ0n) is 17.5. The van der Waals surface area contributed by atoms with E-state index in [0.29, 0.717) is 19.3 Å². The first-order valence-corrected chi connectivity index (χ1v) is 10.6. The van der Waals surface area contributed by atoms with Gasteiger partial charge >= 0.3 is 18.3 Å². The molecule has 0 aliphatic heterocycles. The molecule has 180 valence electrons. The van der Waals surface area contributed by atoms with Crippen LogP contribution in [0.25, 0.3) is 11.1 Å². The van der Waals surface area contributed by atoms with Crippen molar-refractivity contribution >= 4 is 17.6 Å². The molecule has 1 N–H and O–H groups in total. The van der Waals surface area contributed by atoms with Gasteiger partial charge in [-0.3, -0.25) is 4.79 Å². The number of carbonyl (C=O) groups is 1. The summed E-state index contributed by atoms with van der Waals surface area (Å²) >= 11 is 6.41. The summed E-state index contributed by atoms with van der Waals surface area (Å²) in [6.07, 6.45) is -7.18. The fourth-order valence-electron chi connectivity index (χ4n) is 4.63. The molecule has 3 nitrogen and oxygen atoms in total. The van der Waals surface area contributed by atoms with Crippen LogP contribution >= 0.6 is 11.6 Å². The average Bonchev–Trinajstić information content (AvgIpc) is 3.16. The Balaban J connectivity index is 2.17. The molecule has 0 saturated heterocycles. The molecule has 0 bridgehead atoms. The fraction of sp³-hybridized carbons (Fsp3) is 0.435. The predicted octanol–water partition coefficient (Wildman–Crippen LogP) is 7.50. The van der Waals surface area contributed by atoms with Crippen LogP contribution in [0, 0.1) is 5.92 Å². The Labute approximate surface area is 191 Å². The highest BCUT2D eigenvalue weighted by atomic mass is 35.5. The van der Waals surface area contributed by atoms with Gasteiger partial charge in [-0.15, -0.1) is 0 Å². The molecule has 0 aromatic heterocycles. The van der Waals surface area contributed by atoms with Crippen molar-refractivity contribution in [3.05, 3.63) is 52.5 Å². The van der Waals surface area contributed by atoms with E-state index in [1.54, 1.807) is 0 Å². The highest BCUT2D eigenvalue weighted by Gasteiger charge is 2.50. The zero-order valence-corrected chi connectivity index (χ0v) is 18.2. The second kappa shape index (κ2) is 9.08. The molecule has 1 fully saturated rings. The lowest BCUT2D eigenvalue weighted by molar-refractivity contribution is -0.153. The monoisotopic (exact) mass is 494 g/mol. The molecule has 2 aromatic carbocycles. The second-order valence-corrected chi connectivity index (χ2v) is 8.49. The summed E-state index contributed by atoms with van der Waals surface area (Å²) < 4.78 is 82.5. The molecular formula is C23H21ClF6O3. The Bertz CT molecular complexity index is 1020. The zero-order chi connectivity index (χ0) is 24.6. The normalized spacial score (nSPS) is 21.3. The van der Waals surface area contributed by atoms with Crippen LogP contribution in [0.3, 0.4) is 0 Å². The van der Waals surface area contributed by atoms with Gasteiger partial charge in [0.25, 0.3) is 0 Å². The van der Waals surface area contributed by atoms with E-state index in [9.17, 15) is 36.2 Å². The molecular weight excluding hydrogens is 474 g/mol. The summed E-state index contributed by atoms with van der Waals surface area (Å²) in [5.41, 5.74) is -1.98. The van der Waals surface area contributed by atoms with Crippen LogP contribution in [0.2, 0.25) is 5.02 Å². The number of hydrogen-bond acceptors (Lipinski definition) is 2. The first-order valence-electron chi connectivity index (χ1n) is 10.2. The van der Waals surface area contributed by atoms with Crippen molar-refractivity contribution < 1.29 is 41.0 Å². The molecule has 0 amide bonds. The maximum absolute atomic E-state index is 12.9. The smallest absolute Gasteiger partial charge is 0.422 e. The number of aliphatic carboxylic acids is 1. The number of halogens is 7. The molecule has 1 aliphatic carbocycles. The lowest BCUT2D eigenvalue weighted by Gasteiger charge is -2.32. The molecule has 10 heteroatoms. The van der Waals surface area contributed by atoms with Crippen molar-refractivity contribution in [2.75, 3.05) is 6.61 Å². The lowest BCUT2D eigenvalue weighted by Crippen LogP contribution is -2.39. The Morgan fingerprint density at radius 2 is 1.79 bits per heavy atom. The van der Waals surface area contributed by atoms with Crippen LogP contribution in [-0.2, 0) is 16.4 Å². The van der Waals surface area contributed by atoms with E-state index in [4.69, 9.17) is 16.3 Å². The van der Waals surface area contributed by atoms with E-state index >= 15 is 0 Å². The quantitative estimate of drug-likeness (QED) is 0.423. The molecule has 3 rings (SSSR count). The van der Waals surface area contributed by atoms with E-state index in [1.807, 2.05) is 6.92 Å². The molecule has 0 radical (unpaired) electrons. The van der Waals surface area contributed by atoms with Crippen LogP contribution in [0.1, 0.15) is 43.7 Å². The van der Waals surface area contributed by atoms with Crippen LogP contribution in [0.15, 0.2) is 36.4 Å². The third-order valence-corrected chi connectivity index (χ3v) is 6.45.